The largest absolute Gasteiger partial charge is 0.350 e. The summed E-state index contributed by atoms with van der Waals surface area (Å²) in [5.74, 6) is 3.33. The monoisotopic (exact) mass is 304 g/mol. The Morgan fingerprint density at radius 1 is 1.22 bits per heavy atom. The second-order valence-electron chi connectivity index (χ2n) is 5.03. The third-order valence-electron chi connectivity index (χ3n) is 3.51. The fraction of sp³-hybridized carbons (Fsp3) is 0.167. The van der Waals surface area contributed by atoms with Crippen molar-refractivity contribution in [3.63, 3.8) is 0 Å². The Bertz CT molecular complexity index is 862. The average molecular weight is 304 g/mol. The van der Waals surface area contributed by atoms with E-state index in [9.17, 15) is 4.79 Å². The molecule has 3 aromatic rings. The molecule has 0 saturated heterocycles. The third-order valence-corrected chi connectivity index (χ3v) is 3.51. The summed E-state index contributed by atoms with van der Waals surface area (Å²) in [6, 6.07) is 13.1. The number of benzene rings is 1. The number of terminal acetylenes is 1. The van der Waals surface area contributed by atoms with Crippen LogP contribution in [0.15, 0.2) is 48.7 Å². The highest BCUT2D eigenvalue weighted by Gasteiger charge is 2.10. The highest BCUT2D eigenvalue weighted by Crippen LogP contribution is 2.16. The second-order valence-corrected chi connectivity index (χ2v) is 5.03. The molecule has 2 aromatic heterocycles. The maximum atomic E-state index is 12.0. The van der Waals surface area contributed by atoms with Gasteiger partial charge in [-0.25, -0.2) is 4.98 Å². The molecule has 0 radical (unpaired) electrons. The minimum Gasteiger partial charge on any atom is -0.350 e. The van der Waals surface area contributed by atoms with Crippen molar-refractivity contribution in [2.75, 3.05) is 6.54 Å². The number of fused-ring (bicyclic) bond motifs is 1. The maximum absolute atomic E-state index is 12.0. The van der Waals surface area contributed by atoms with Gasteiger partial charge in [-0.05, 0) is 24.3 Å². The van der Waals surface area contributed by atoms with Gasteiger partial charge in [0.25, 0.3) is 5.91 Å². The standard InChI is InChI=1S/C18H16N4O/c1-2-13-22-16-9-4-3-7-14(16)21-17(22)10-12-20-18(23)15-8-5-6-11-19-15/h1,3-9,11H,10,12-13H2,(H,20,23). The third kappa shape index (κ3) is 3.22. The predicted molar refractivity (Wildman–Crippen MR) is 88.8 cm³/mol. The number of carbonyl (C=O) groups is 1. The van der Waals surface area contributed by atoms with Gasteiger partial charge in [0, 0.05) is 19.2 Å². The van der Waals surface area contributed by atoms with Crippen LogP contribution < -0.4 is 5.32 Å². The minimum atomic E-state index is -0.190. The van der Waals surface area contributed by atoms with E-state index in [1.807, 2.05) is 28.8 Å². The van der Waals surface area contributed by atoms with Crippen molar-refractivity contribution in [3.8, 4) is 12.3 Å². The number of nitrogens with one attached hydrogen (secondary N) is 1. The summed E-state index contributed by atoms with van der Waals surface area (Å²) in [5.41, 5.74) is 2.33. The Balaban J connectivity index is 1.71. The molecular weight excluding hydrogens is 288 g/mol. The smallest absolute Gasteiger partial charge is 0.269 e. The van der Waals surface area contributed by atoms with E-state index in [1.54, 1.807) is 24.4 Å². The first kappa shape index (κ1) is 14.8. The van der Waals surface area contributed by atoms with Gasteiger partial charge >= 0.3 is 0 Å². The summed E-state index contributed by atoms with van der Waals surface area (Å²) in [4.78, 5) is 20.6. The van der Waals surface area contributed by atoms with Crippen molar-refractivity contribution in [3.05, 3.63) is 60.2 Å². The van der Waals surface area contributed by atoms with Crippen LogP contribution >= 0.6 is 0 Å². The first-order chi connectivity index (χ1) is 11.3. The molecule has 0 aliphatic rings. The number of hydrogen-bond acceptors (Lipinski definition) is 3. The summed E-state index contributed by atoms with van der Waals surface area (Å²) < 4.78 is 2.00. The van der Waals surface area contributed by atoms with Crippen LogP contribution in [-0.4, -0.2) is 27.0 Å². The van der Waals surface area contributed by atoms with E-state index in [2.05, 4.69) is 21.2 Å². The molecule has 114 valence electrons. The zero-order chi connectivity index (χ0) is 16.1. The molecule has 3 rings (SSSR count). The number of rotatable bonds is 5. The van der Waals surface area contributed by atoms with Crippen LogP contribution in [0.4, 0.5) is 0 Å². The molecule has 1 amide bonds. The van der Waals surface area contributed by atoms with Crippen molar-refractivity contribution in [1.82, 2.24) is 19.9 Å². The van der Waals surface area contributed by atoms with Gasteiger partial charge in [0.1, 0.15) is 11.5 Å². The van der Waals surface area contributed by atoms with Gasteiger partial charge in [0.15, 0.2) is 0 Å². The summed E-state index contributed by atoms with van der Waals surface area (Å²) in [7, 11) is 0. The lowest BCUT2D eigenvalue weighted by Crippen LogP contribution is -2.27. The predicted octanol–water partition coefficient (Wildman–Crippen LogP) is 2.04. The van der Waals surface area contributed by atoms with E-state index in [-0.39, 0.29) is 5.91 Å². The quantitative estimate of drug-likeness (QED) is 0.734. The van der Waals surface area contributed by atoms with Crippen molar-refractivity contribution in [2.24, 2.45) is 0 Å². The van der Waals surface area contributed by atoms with Crippen LogP contribution in [0.2, 0.25) is 0 Å². The topological polar surface area (TPSA) is 59.8 Å². The summed E-state index contributed by atoms with van der Waals surface area (Å²) >= 11 is 0. The van der Waals surface area contributed by atoms with E-state index >= 15 is 0 Å². The van der Waals surface area contributed by atoms with Gasteiger partial charge < -0.3 is 9.88 Å². The zero-order valence-corrected chi connectivity index (χ0v) is 12.6. The molecule has 5 nitrogen and oxygen atoms in total. The molecule has 0 aliphatic carbocycles. The molecular formula is C18H16N4O. The number of imidazole rings is 1. The second kappa shape index (κ2) is 6.75. The van der Waals surface area contributed by atoms with Crippen LogP contribution in [0.3, 0.4) is 0 Å². The Hall–Kier alpha value is -3.13. The van der Waals surface area contributed by atoms with Crippen molar-refractivity contribution in [2.45, 2.75) is 13.0 Å². The molecule has 5 heteroatoms. The van der Waals surface area contributed by atoms with E-state index < -0.39 is 0 Å². The number of aromatic nitrogens is 3. The SMILES string of the molecule is C#CCn1c(CCNC(=O)c2ccccn2)nc2ccccc21. The lowest BCUT2D eigenvalue weighted by molar-refractivity contribution is 0.0949. The fourth-order valence-electron chi connectivity index (χ4n) is 2.46. The van der Waals surface area contributed by atoms with Gasteiger partial charge in [-0.15, -0.1) is 6.42 Å². The van der Waals surface area contributed by atoms with Crippen molar-refractivity contribution < 1.29 is 4.79 Å². The minimum absolute atomic E-state index is 0.190. The van der Waals surface area contributed by atoms with E-state index in [1.165, 1.54) is 0 Å². The zero-order valence-electron chi connectivity index (χ0n) is 12.6. The van der Waals surface area contributed by atoms with E-state index in [0.29, 0.717) is 25.2 Å². The molecule has 0 fully saturated rings. The molecule has 2 heterocycles. The van der Waals surface area contributed by atoms with Crippen molar-refractivity contribution >= 4 is 16.9 Å². The highest BCUT2D eigenvalue weighted by atomic mass is 16.1. The highest BCUT2D eigenvalue weighted by molar-refractivity contribution is 5.92. The Morgan fingerprint density at radius 3 is 2.83 bits per heavy atom. The van der Waals surface area contributed by atoms with Gasteiger partial charge in [-0.3, -0.25) is 9.78 Å². The maximum Gasteiger partial charge on any atom is 0.269 e. The van der Waals surface area contributed by atoms with Gasteiger partial charge in [-0.1, -0.05) is 24.1 Å². The number of carbonyl (C=O) groups excluding carboxylic acids is 1. The number of para-hydroxylation sites is 2. The first-order valence-corrected chi connectivity index (χ1v) is 7.36. The normalized spacial score (nSPS) is 10.4. The Morgan fingerprint density at radius 2 is 2.04 bits per heavy atom. The van der Waals surface area contributed by atoms with Crippen molar-refractivity contribution in [1.29, 1.82) is 0 Å². The van der Waals surface area contributed by atoms with Crippen LogP contribution in [0.1, 0.15) is 16.3 Å². The molecule has 1 aromatic carbocycles. The molecule has 0 atom stereocenters. The molecule has 0 spiro atoms. The van der Waals surface area contributed by atoms with Gasteiger partial charge in [-0.2, -0.15) is 0 Å². The van der Waals surface area contributed by atoms with E-state index in [4.69, 9.17) is 6.42 Å². The summed E-state index contributed by atoms with van der Waals surface area (Å²) in [6.07, 6.45) is 7.66. The van der Waals surface area contributed by atoms with Gasteiger partial charge in [0.2, 0.25) is 0 Å². The molecule has 1 N–H and O–H groups in total. The molecule has 0 unspecified atom stereocenters. The van der Waals surface area contributed by atoms with Crippen LogP contribution in [0.25, 0.3) is 11.0 Å². The molecule has 23 heavy (non-hydrogen) atoms. The number of nitrogens with zero attached hydrogens (tertiary/aromatic N) is 3. The summed E-state index contributed by atoms with van der Waals surface area (Å²) in [5, 5.41) is 2.85. The number of amides is 1. The number of pyridine rings is 1. The molecule has 0 bridgehead atoms. The van der Waals surface area contributed by atoms with Crippen LogP contribution in [0.5, 0.6) is 0 Å². The molecule has 0 aliphatic heterocycles. The van der Waals surface area contributed by atoms with E-state index in [0.717, 1.165) is 16.9 Å². The lowest BCUT2D eigenvalue weighted by atomic mass is 10.3. The number of hydrogen-bond donors (Lipinski definition) is 1. The van der Waals surface area contributed by atoms with Gasteiger partial charge in [0.05, 0.1) is 17.6 Å². The Labute approximate surface area is 134 Å². The van der Waals surface area contributed by atoms with Crippen LogP contribution in [0, 0.1) is 12.3 Å². The Kier molecular flexibility index (Phi) is 4.34. The average Bonchev–Trinajstić information content (AvgIpc) is 2.94. The van der Waals surface area contributed by atoms with Crippen LogP contribution in [-0.2, 0) is 13.0 Å². The molecule has 0 saturated carbocycles. The summed E-state index contributed by atoms with van der Waals surface area (Å²) in [6.45, 7) is 0.938. The fourth-order valence-corrected chi connectivity index (χ4v) is 2.46. The first-order valence-electron chi connectivity index (χ1n) is 7.36. The lowest BCUT2D eigenvalue weighted by Gasteiger charge is -2.07.